The summed E-state index contributed by atoms with van der Waals surface area (Å²) in [5.41, 5.74) is 3.22. The van der Waals surface area contributed by atoms with Gasteiger partial charge in [-0.2, -0.15) is 0 Å². The van der Waals surface area contributed by atoms with Crippen LogP contribution in [0.15, 0.2) is 18.2 Å². The molecule has 1 fully saturated rings. The van der Waals surface area contributed by atoms with Crippen molar-refractivity contribution in [3.8, 4) is 5.75 Å². The van der Waals surface area contributed by atoms with Crippen LogP contribution in [0.3, 0.4) is 0 Å². The lowest BCUT2D eigenvalue weighted by Crippen LogP contribution is -2.33. The molecule has 2 aliphatic rings. The molecule has 88 valence electrons. The molecule has 16 heavy (non-hydrogen) atoms. The van der Waals surface area contributed by atoms with Crippen molar-refractivity contribution in [2.45, 2.75) is 31.1 Å². The maximum absolute atomic E-state index is 9.50. The number of phenols is 1. The maximum Gasteiger partial charge on any atom is 0.115 e. The lowest BCUT2D eigenvalue weighted by Gasteiger charge is -2.35. The van der Waals surface area contributed by atoms with E-state index in [0.717, 1.165) is 19.5 Å². The van der Waals surface area contributed by atoms with E-state index in [4.69, 9.17) is 0 Å². The summed E-state index contributed by atoms with van der Waals surface area (Å²) in [7, 11) is 0. The highest BCUT2D eigenvalue weighted by molar-refractivity contribution is 8.93. The van der Waals surface area contributed by atoms with Gasteiger partial charge in [-0.15, -0.1) is 17.0 Å². The second kappa shape index (κ2) is 4.38. The van der Waals surface area contributed by atoms with Gasteiger partial charge in [0, 0.05) is 12.0 Å². The van der Waals surface area contributed by atoms with E-state index >= 15 is 0 Å². The SMILES string of the molecule is Br.Oc1ccc2c(c1)CCCC21CCNC1. The van der Waals surface area contributed by atoms with Crippen LogP contribution in [0.5, 0.6) is 5.75 Å². The van der Waals surface area contributed by atoms with Gasteiger partial charge in [0.25, 0.3) is 0 Å². The molecule has 3 rings (SSSR count). The molecular formula is C13H18BrNO. The van der Waals surface area contributed by atoms with E-state index in [-0.39, 0.29) is 17.0 Å². The zero-order valence-electron chi connectivity index (χ0n) is 9.33. The predicted octanol–water partition coefficient (Wildman–Crippen LogP) is 2.54. The first-order valence-electron chi connectivity index (χ1n) is 5.83. The second-order valence-corrected chi connectivity index (χ2v) is 4.90. The summed E-state index contributed by atoms with van der Waals surface area (Å²) in [5, 5.41) is 13.0. The molecule has 0 aromatic heterocycles. The zero-order valence-corrected chi connectivity index (χ0v) is 11.0. The van der Waals surface area contributed by atoms with Crippen LogP contribution in [-0.2, 0) is 11.8 Å². The fraction of sp³-hybridized carbons (Fsp3) is 0.538. The largest absolute Gasteiger partial charge is 0.508 e. The summed E-state index contributed by atoms with van der Waals surface area (Å²) in [6, 6.07) is 5.93. The first-order valence-corrected chi connectivity index (χ1v) is 5.83. The average Bonchev–Trinajstić information content (AvgIpc) is 2.67. The van der Waals surface area contributed by atoms with Crippen LogP contribution in [0.1, 0.15) is 30.4 Å². The molecule has 2 nitrogen and oxygen atoms in total. The van der Waals surface area contributed by atoms with E-state index in [1.165, 1.54) is 30.4 Å². The summed E-state index contributed by atoms with van der Waals surface area (Å²) in [4.78, 5) is 0. The third-order valence-electron chi connectivity index (χ3n) is 4.01. The van der Waals surface area contributed by atoms with Crippen LogP contribution in [0.4, 0.5) is 0 Å². The lowest BCUT2D eigenvalue weighted by molar-refractivity contribution is 0.390. The van der Waals surface area contributed by atoms with Gasteiger partial charge in [0.05, 0.1) is 0 Å². The molecule has 3 heteroatoms. The molecule has 0 radical (unpaired) electrons. The second-order valence-electron chi connectivity index (χ2n) is 4.90. The van der Waals surface area contributed by atoms with Crippen LogP contribution in [0.2, 0.25) is 0 Å². The molecule has 1 heterocycles. The zero-order chi connectivity index (χ0) is 10.3. The first kappa shape index (κ1) is 11.9. The van der Waals surface area contributed by atoms with E-state index < -0.39 is 0 Å². The number of phenolic OH excluding ortho intramolecular Hbond substituents is 1. The van der Waals surface area contributed by atoms with Gasteiger partial charge in [0.1, 0.15) is 5.75 Å². The molecule has 1 aliphatic carbocycles. The maximum atomic E-state index is 9.50. The van der Waals surface area contributed by atoms with E-state index in [0.29, 0.717) is 11.2 Å². The van der Waals surface area contributed by atoms with Crippen LogP contribution < -0.4 is 5.32 Å². The Balaban J connectivity index is 0.000000963. The number of aromatic hydroxyl groups is 1. The molecule has 1 atom stereocenters. The molecule has 1 unspecified atom stereocenters. The number of fused-ring (bicyclic) bond motifs is 2. The van der Waals surface area contributed by atoms with Gasteiger partial charge in [-0.1, -0.05) is 6.07 Å². The molecule has 1 spiro atoms. The number of hydrogen-bond donors (Lipinski definition) is 2. The van der Waals surface area contributed by atoms with Crippen molar-refractivity contribution in [2.75, 3.05) is 13.1 Å². The summed E-state index contributed by atoms with van der Waals surface area (Å²) in [6.07, 6.45) is 4.95. The summed E-state index contributed by atoms with van der Waals surface area (Å²) < 4.78 is 0. The fourth-order valence-electron chi connectivity index (χ4n) is 3.24. The average molecular weight is 284 g/mol. The van der Waals surface area contributed by atoms with E-state index in [1.807, 2.05) is 12.1 Å². The highest BCUT2D eigenvalue weighted by atomic mass is 79.9. The van der Waals surface area contributed by atoms with Gasteiger partial charge in [-0.25, -0.2) is 0 Å². The Morgan fingerprint density at radius 1 is 1.25 bits per heavy atom. The Morgan fingerprint density at radius 2 is 2.12 bits per heavy atom. The van der Waals surface area contributed by atoms with Gasteiger partial charge in [-0.3, -0.25) is 0 Å². The Morgan fingerprint density at radius 3 is 2.88 bits per heavy atom. The smallest absolute Gasteiger partial charge is 0.115 e. The summed E-state index contributed by atoms with van der Waals surface area (Å²) >= 11 is 0. The summed E-state index contributed by atoms with van der Waals surface area (Å²) in [5.74, 6) is 0.414. The Hall–Kier alpha value is -0.540. The Bertz CT molecular complexity index is 386. The highest BCUT2D eigenvalue weighted by Crippen LogP contribution is 2.42. The molecule has 2 N–H and O–H groups in total. The van der Waals surface area contributed by atoms with Crippen LogP contribution in [0.25, 0.3) is 0 Å². The normalized spacial score (nSPS) is 27.5. The number of hydrogen-bond acceptors (Lipinski definition) is 2. The standard InChI is InChI=1S/C13H17NO.BrH/c15-11-3-4-12-10(8-11)2-1-5-13(12)6-7-14-9-13;/h3-4,8,14-15H,1-2,5-7,9H2;1H. The van der Waals surface area contributed by atoms with E-state index in [1.54, 1.807) is 0 Å². The number of aryl methyl sites for hydroxylation is 1. The van der Waals surface area contributed by atoms with Gasteiger partial charge < -0.3 is 10.4 Å². The van der Waals surface area contributed by atoms with Crippen LogP contribution >= 0.6 is 17.0 Å². The topological polar surface area (TPSA) is 32.3 Å². The van der Waals surface area contributed by atoms with Gasteiger partial charge in [0.15, 0.2) is 0 Å². The molecule has 1 aliphatic heterocycles. The molecule has 0 bridgehead atoms. The minimum Gasteiger partial charge on any atom is -0.508 e. The monoisotopic (exact) mass is 283 g/mol. The Labute approximate surface area is 107 Å². The third-order valence-corrected chi connectivity index (χ3v) is 4.01. The van der Waals surface area contributed by atoms with Crippen molar-refractivity contribution in [1.29, 1.82) is 0 Å². The van der Waals surface area contributed by atoms with Crippen molar-refractivity contribution in [1.82, 2.24) is 5.32 Å². The van der Waals surface area contributed by atoms with E-state index in [2.05, 4.69) is 11.4 Å². The lowest BCUT2D eigenvalue weighted by atomic mass is 9.69. The van der Waals surface area contributed by atoms with E-state index in [9.17, 15) is 5.11 Å². The third kappa shape index (κ3) is 1.76. The first-order chi connectivity index (χ1) is 7.30. The van der Waals surface area contributed by atoms with Gasteiger partial charge in [-0.05, 0) is 55.5 Å². The quantitative estimate of drug-likeness (QED) is 0.767. The van der Waals surface area contributed by atoms with Crippen molar-refractivity contribution < 1.29 is 5.11 Å². The highest BCUT2D eigenvalue weighted by Gasteiger charge is 2.38. The minimum absolute atomic E-state index is 0. The minimum atomic E-state index is 0. The molecule has 0 amide bonds. The Kier molecular flexibility index (Phi) is 3.27. The van der Waals surface area contributed by atoms with Crippen molar-refractivity contribution >= 4 is 17.0 Å². The summed E-state index contributed by atoms with van der Waals surface area (Å²) in [6.45, 7) is 2.26. The molecule has 0 saturated carbocycles. The van der Waals surface area contributed by atoms with Crippen molar-refractivity contribution in [3.05, 3.63) is 29.3 Å². The number of rotatable bonds is 0. The molecule has 1 aromatic carbocycles. The van der Waals surface area contributed by atoms with Gasteiger partial charge in [0.2, 0.25) is 0 Å². The van der Waals surface area contributed by atoms with Gasteiger partial charge >= 0.3 is 0 Å². The molecular weight excluding hydrogens is 266 g/mol. The molecule has 1 aromatic rings. The number of halogens is 1. The van der Waals surface area contributed by atoms with Crippen molar-refractivity contribution in [3.63, 3.8) is 0 Å². The van der Waals surface area contributed by atoms with Crippen LogP contribution in [-0.4, -0.2) is 18.2 Å². The molecule has 1 saturated heterocycles. The fourth-order valence-corrected chi connectivity index (χ4v) is 3.24. The predicted molar refractivity (Wildman–Crippen MR) is 70.5 cm³/mol. The number of nitrogens with one attached hydrogen (secondary N) is 1. The van der Waals surface area contributed by atoms with Crippen LogP contribution in [0, 0.1) is 0 Å². The number of benzene rings is 1. The van der Waals surface area contributed by atoms with Crippen molar-refractivity contribution in [2.24, 2.45) is 0 Å².